The summed E-state index contributed by atoms with van der Waals surface area (Å²) in [6.07, 6.45) is 1.26. The van der Waals surface area contributed by atoms with Gasteiger partial charge in [0, 0.05) is 43.7 Å². The van der Waals surface area contributed by atoms with Crippen molar-refractivity contribution in [2.75, 3.05) is 45.2 Å². The number of anilines is 1. The van der Waals surface area contributed by atoms with Crippen LogP contribution in [0.1, 0.15) is 41.2 Å². The number of hydrogen-bond acceptors (Lipinski definition) is 7. The van der Waals surface area contributed by atoms with E-state index in [4.69, 9.17) is 4.98 Å². The van der Waals surface area contributed by atoms with E-state index in [1.165, 1.54) is 12.1 Å². The van der Waals surface area contributed by atoms with Crippen LogP contribution < -0.4 is 9.64 Å². The number of aromatic nitrogens is 3. The van der Waals surface area contributed by atoms with Gasteiger partial charge in [0.05, 0.1) is 23.1 Å². The number of carbonyl (C=O) groups is 1. The molecule has 1 amide bonds. The summed E-state index contributed by atoms with van der Waals surface area (Å²) in [6.45, 7) is 2.99. The van der Waals surface area contributed by atoms with Gasteiger partial charge in [0.2, 0.25) is 0 Å². The van der Waals surface area contributed by atoms with Crippen molar-refractivity contribution in [3.8, 4) is 5.75 Å². The Hall–Kier alpha value is -3.47. The Kier molecular flexibility index (Phi) is 6.89. The van der Waals surface area contributed by atoms with Gasteiger partial charge >= 0.3 is 6.36 Å². The molecule has 0 aliphatic carbocycles. The highest BCUT2D eigenvalue weighted by atomic mass is 19.4. The first kappa shape index (κ1) is 25.2. The SMILES string of the molecule is CN(C)C1CCN(c2cnc3c(C4CCN(C(=O)c5ccc(OC(F)(F)F)cc5)CC4)ncnc3c2)C1. The molecule has 0 N–H and O–H groups in total. The third-order valence-electron chi connectivity index (χ3n) is 7.25. The van der Waals surface area contributed by atoms with Crippen LogP contribution in [0.15, 0.2) is 42.9 Å². The molecule has 1 aromatic carbocycles. The van der Waals surface area contributed by atoms with Crippen molar-refractivity contribution in [3.05, 3.63) is 54.1 Å². The number of likely N-dealkylation sites (tertiary alicyclic amines) is 1. The molecule has 2 fully saturated rings. The molecular weight excluding hydrogens is 485 g/mol. The second kappa shape index (κ2) is 10.1. The van der Waals surface area contributed by atoms with Crippen LogP contribution >= 0.6 is 0 Å². The van der Waals surface area contributed by atoms with Crippen LogP contribution in [-0.4, -0.2) is 83.3 Å². The molecule has 2 aromatic heterocycles. The van der Waals surface area contributed by atoms with Gasteiger partial charge in [0.25, 0.3) is 5.91 Å². The maximum Gasteiger partial charge on any atom is 0.573 e. The minimum absolute atomic E-state index is 0.139. The second-order valence-corrected chi connectivity index (χ2v) is 9.81. The van der Waals surface area contributed by atoms with E-state index in [-0.39, 0.29) is 17.6 Å². The Morgan fingerprint density at radius 2 is 1.76 bits per heavy atom. The lowest BCUT2D eigenvalue weighted by atomic mass is 9.92. The van der Waals surface area contributed by atoms with Gasteiger partial charge in [-0.05, 0) is 63.7 Å². The predicted octanol–water partition coefficient (Wildman–Crippen LogP) is 4.08. The van der Waals surface area contributed by atoms with Gasteiger partial charge in [-0.3, -0.25) is 9.78 Å². The minimum Gasteiger partial charge on any atom is -0.406 e. The van der Waals surface area contributed by atoms with Crippen LogP contribution in [0.25, 0.3) is 11.0 Å². The summed E-state index contributed by atoms with van der Waals surface area (Å²) in [4.78, 5) is 33.0. The number of piperidine rings is 1. The fraction of sp³-hybridized carbons (Fsp3) is 0.462. The van der Waals surface area contributed by atoms with Crippen LogP contribution in [-0.2, 0) is 0 Å². The van der Waals surface area contributed by atoms with Gasteiger partial charge in [-0.2, -0.15) is 0 Å². The van der Waals surface area contributed by atoms with Crippen molar-refractivity contribution < 1.29 is 22.7 Å². The molecule has 1 atom stereocenters. The first-order chi connectivity index (χ1) is 17.7. The number of ether oxygens (including phenoxy) is 1. The van der Waals surface area contributed by atoms with Gasteiger partial charge in [-0.15, -0.1) is 13.2 Å². The zero-order valence-electron chi connectivity index (χ0n) is 20.8. The number of carbonyl (C=O) groups excluding carboxylic acids is 1. The molecule has 8 nitrogen and oxygen atoms in total. The van der Waals surface area contributed by atoms with Crippen molar-refractivity contribution in [1.29, 1.82) is 0 Å². The van der Waals surface area contributed by atoms with Crippen molar-refractivity contribution >= 4 is 22.6 Å². The highest BCUT2D eigenvalue weighted by molar-refractivity contribution is 5.94. The van der Waals surface area contributed by atoms with Crippen molar-refractivity contribution in [3.63, 3.8) is 0 Å². The first-order valence-electron chi connectivity index (χ1n) is 12.3. The molecule has 2 aliphatic rings. The minimum atomic E-state index is -4.77. The highest BCUT2D eigenvalue weighted by Crippen LogP contribution is 2.32. The van der Waals surface area contributed by atoms with Crippen LogP contribution in [0, 0.1) is 0 Å². The molecular formula is C26H29F3N6O2. The summed E-state index contributed by atoms with van der Waals surface area (Å²) in [5, 5.41) is 0. The summed E-state index contributed by atoms with van der Waals surface area (Å²) in [6, 6.07) is 7.63. The molecule has 0 spiro atoms. The van der Waals surface area contributed by atoms with Crippen molar-refractivity contribution in [1.82, 2.24) is 24.8 Å². The lowest BCUT2D eigenvalue weighted by molar-refractivity contribution is -0.274. The monoisotopic (exact) mass is 514 g/mol. The summed E-state index contributed by atoms with van der Waals surface area (Å²) in [5.74, 6) is -0.425. The van der Waals surface area contributed by atoms with E-state index in [1.54, 1.807) is 11.2 Å². The molecule has 2 saturated heterocycles. The number of rotatable bonds is 5. The third kappa shape index (κ3) is 5.61. The molecule has 37 heavy (non-hydrogen) atoms. The second-order valence-electron chi connectivity index (χ2n) is 9.81. The zero-order valence-corrected chi connectivity index (χ0v) is 20.8. The van der Waals surface area contributed by atoms with Crippen LogP contribution in [0.4, 0.5) is 18.9 Å². The Bertz CT molecular complexity index is 1260. The standard InChI is InChI=1S/C26H29F3N6O2/c1-33(2)19-9-12-35(15-19)20-13-22-24(30-14-20)23(32-16-31-22)17-7-10-34(11-8-17)25(36)18-3-5-21(6-4-18)37-26(27,28)29/h3-6,13-14,16-17,19H,7-12,15H2,1-2H3. The number of benzene rings is 1. The number of hydrogen-bond donors (Lipinski definition) is 0. The molecule has 3 aromatic rings. The third-order valence-corrected chi connectivity index (χ3v) is 7.25. The molecule has 0 radical (unpaired) electrons. The van der Waals surface area contributed by atoms with Gasteiger partial charge in [0.1, 0.15) is 17.6 Å². The Morgan fingerprint density at radius 3 is 2.41 bits per heavy atom. The quantitative estimate of drug-likeness (QED) is 0.508. The molecule has 4 heterocycles. The molecule has 2 aliphatic heterocycles. The maximum absolute atomic E-state index is 12.9. The fourth-order valence-corrected chi connectivity index (χ4v) is 5.16. The summed E-state index contributed by atoms with van der Waals surface area (Å²) in [5.41, 5.74) is 3.89. The summed E-state index contributed by atoms with van der Waals surface area (Å²) < 4.78 is 41.0. The molecule has 0 saturated carbocycles. The predicted molar refractivity (Wildman–Crippen MR) is 133 cm³/mol. The van der Waals surface area contributed by atoms with E-state index in [1.807, 2.05) is 6.20 Å². The van der Waals surface area contributed by atoms with Gasteiger partial charge in [0.15, 0.2) is 0 Å². The van der Waals surface area contributed by atoms with E-state index in [0.717, 1.165) is 54.1 Å². The lowest BCUT2D eigenvalue weighted by Crippen LogP contribution is -2.38. The smallest absolute Gasteiger partial charge is 0.406 e. The average molecular weight is 515 g/mol. The van der Waals surface area contributed by atoms with E-state index in [2.05, 4.69) is 44.7 Å². The molecule has 196 valence electrons. The van der Waals surface area contributed by atoms with Crippen LogP contribution in [0.5, 0.6) is 5.75 Å². The largest absolute Gasteiger partial charge is 0.573 e. The van der Waals surface area contributed by atoms with E-state index in [0.29, 0.717) is 37.5 Å². The fourth-order valence-electron chi connectivity index (χ4n) is 5.16. The van der Waals surface area contributed by atoms with E-state index in [9.17, 15) is 18.0 Å². The van der Waals surface area contributed by atoms with Gasteiger partial charge < -0.3 is 19.4 Å². The molecule has 11 heteroatoms. The lowest BCUT2D eigenvalue weighted by Gasteiger charge is -2.32. The number of halogens is 3. The average Bonchev–Trinajstić information content (AvgIpc) is 3.38. The molecule has 0 bridgehead atoms. The van der Waals surface area contributed by atoms with Gasteiger partial charge in [-0.1, -0.05) is 0 Å². The van der Waals surface area contributed by atoms with Crippen LogP contribution in [0.3, 0.4) is 0 Å². The number of alkyl halides is 3. The Morgan fingerprint density at radius 1 is 1.03 bits per heavy atom. The van der Waals surface area contributed by atoms with Crippen molar-refractivity contribution in [2.45, 2.75) is 37.6 Å². The van der Waals surface area contributed by atoms with Crippen molar-refractivity contribution in [2.24, 2.45) is 0 Å². The van der Waals surface area contributed by atoms with Gasteiger partial charge in [-0.25, -0.2) is 9.97 Å². The van der Waals surface area contributed by atoms with E-state index >= 15 is 0 Å². The van der Waals surface area contributed by atoms with E-state index < -0.39 is 6.36 Å². The summed E-state index contributed by atoms with van der Waals surface area (Å²) >= 11 is 0. The number of fused-ring (bicyclic) bond motifs is 1. The first-order valence-corrected chi connectivity index (χ1v) is 12.3. The Labute approximate surface area is 213 Å². The number of amides is 1. The Balaban J connectivity index is 1.24. The number of likely N-dealkylation sites (N-methyl/N-ethyl adjacent to an activating group) is 1. The summed E-state index contributed by atoms with van der Waals surface area (Å²) in [7, 11) is 4.21. The molecule has 5 rings (SSSR count). The van der Waals surface area contributed by atoms with Crippen LogP contribution in [0.2, 0.25) is 0 Å². The zero-order chi connectivity index (χ0) is 26.2. The molecule has 1 unspecified atom stereocenters. The maximum atomic E-state index is 12.9. The normalized spacial score (nSPS) is 19.1. The number of nitrogens with zero attached hydrogens (tertiary/aromatic N) is 6. The number of pyridine rings is 1. The highest BCUT2D eigenvalue weighted by Gasteiger charge is 2.32. The topological polar surface area (TPSA) is 74.7 Å².